The Morgan fingerprint density at radius 2 is 1.96 bits per heavy atom. The number of methoxy groups -OCH3 is 2. The number of carbonyl (C=O) groups excluding carboxylic acids is 1. The first-order chi connectivity index (χ1) is 11.6. The number of nitrogens with one attached hydrogen (secondary N) is 1. The maximum Gasteiger partial charge on any atom is 0.222 e. The minimum atomic E-state index is 0.0558. The molecule has 2 aliphatic heterocycles. The molecule has 2 saturated heterocycles. The SMILES string of the molecule is CNC(=O)C[C@@H]1C[C@H]2CN(Cc3cc(OC)cc(OC)c3)C[C@H]2O1. The van der Waals surface area contributed by atoms with Gasteiger partial charge < -0.3 is 19.5 Å². The monoisotopic (exact) mass is 334 g/mol. The van der Waals surface area contributed by atoms with Gasteiger partial charge in [0, 0.05) is 38.7 Å². The van der Waals surface area contributed by atoms with Crippen LogP contribution in [0.4, 0.5) is 0 Å². The standard InChI is InChI=1S/C18H26N2O4/c1-19-18(21)8-16-6-13-10-20(11-17(13)24-16)9-12-4-14(22-2)7-15(5-12)23-3/h4-5,7,13,16-17H,6,8-11H2,1-3H3,(H,19,21)/t13-,16-,17+/m0/s1. The molecular weight excluding hydrogens is 308 g/mol. The number of nitrogens with zero attached hydrogens (tertiary/aromatic N) is 1. The summed E-state index contributed by atoms with van der Waals surface area (Å²) >= 11 is 0. The summed E-state index contributed by atoms with van der Waals surface area (Å²) in [5, 5.41) is 2.67. The number of hydrogen-bond acceptors (Lipinski definition) is 5. The van der Waals surface area contributed by atoms with E-state index in [4.69, 9.17) is 14.2 Å². The van der Waals surface area contributed by atoms with Crippen molar-refractivity contribution >= 4 is 5.91 Å². The minimum Gasteiger partial charge on any atom is -0.497 e. The van der Waals surface area contributed by atoms with Crippen LogP contribution in [0.3, 0.4) is 0 Å². The topological polar surface area (TPSA) is 60.0 Å². The molecule has 132 valence electrons. The van der Waals surface area contributed by atoms with E-state index in [1.54, 1.807) is 21.3 Å². The Balaban J connectivity index is 1.56. The third-order valence-corrected chi connectivity index (χ3v) is 4.90. The van der Waals surface area contributed by atoms with Gasteiger partial charge >= 0.3 is 0 Å². The van der Waals surface area contributed by atoms with E-state index in [0.29, 0.717) is 12.3 Å². The predicted molar refractivity (Wildman–Crippen MR) is 90.3 cm³/mol. The van der Waals surface area contributed by atoms with Gasteiger partial charge in [0.1, 0.15) is 11.5 Å². The molecule has 2 heterocycles. The molecule has 0 aliphatic carbocycles. The van der Waals surface area contributed by atoms with Crippen molar-refractivity contribution in [2.24, 2.45) is 5.92 Å². The molecule has 2 fully saturated rings. The van der Waals surface area contributed by atoms with Crippen LogP contribution in [0.2, 0.25) is 0 Å². The minimum absolute atomic E-state index is 0.0558. The molecule has 1 amide bonds. The molecule has 0 saturated carbocycles. The summed E-state index contributed by atoms with van der Waals surface area (Å²) in [4.78, 5) is 13.9. The van der Waals surface area contributed by atoms with Crippen LogP contribution in [0.25, 0.3) is 0 Å². The van der Waals surface area contributed by atoms with Crippen molar-refractivity contribution in [3.63, 3.8) is 0 Å². The Kier molecular flexibility index (Phi) is 5.26. The third-order valence-electron chi connectivity index (χ3n) is 4.90. The third kappa shape index (κ3) is 3.82. The van der Waals surface area contributed by atoms with Crippen LogP contribution < -0.4 is 14.8 Å². The lowest BCUT2D eigenvalue weighted by Gasteiger charge is -2.19. The molecule has 6 nitrogen and oxygen atoms in total. The fourth-order valence-electron chi connectivity index (χ4n) is 3.73. The summed E-state index contributed by atoms with van der Waals surface area (Å²) in [6.07, 6.45) is 1.75. The van der Waals surface area contributed by atoms with E-state index in [-0.39, 0.29) is 18.1 Å². The molecule has 0 spiro atoms. The molecule has 0 unspecified atom stereocenters. The van der Waals surface area contributed by atoms with E-state index in [1.165, 1.54) is 5.56 Å². The highest BCUT2D eigenvalue weighted by molar-refractivity contribution is 5.76. The van der Waals surface area contributed by atoms with Crippen LogP contribution in [0, 0.1) is 5.92 Å². The van der Waals surface area contributed by atoms with Crippen LogP contribution in [-0.2, 0) is 16.1 Å². The second kappa shape index (κ2) is 7.40. The Hall–Kier alpha value is -1.79. The maximum atomic E-state index is 11.5. The van der Waals surface area contributed by atoms with Gasteiger partial charge in [0.15, 0.2) is 0 Å². The quantitative estimate of drug-likeness (QED) is 0.853. The number of hydrogen-bond donors (Lipinski definition) is 1. The number of amides is 1. The van der Waals surface area contributed by atoms with Gasteiger partial charge in [-0.2, -0.15) is 0 Å². The first kappa shape index (κ1) is 17.0. The van der Waals surface area contributed by atoms with Crippen molar-refractivity contribution in [1.29, 1.82) is 0 Å². The summed E-state index contributed by atoms with van der Waals surface area (Å²) < 4.78 is 16.7. The molecular formula is C18H26N2O4. The largest absolute Gasteiger partial charge is 0.497 e. The van der Waals surface area contributed by atoms with Gasteiger partial charge in [-0.1, -0.05) is 0 Å². The van der Waals surface area contributed by atoms with Gasteiger partial charge in [0.2, 0.25) is 5.91 Å². The van der Waals surface area contributed by atoms with Crippen molar-refractivity contribution in [3.05, 3.63) is 23.8 Å². The van der Waals surface area contributed by atoms with Gasteiger partial charge in [0.05, 0.1) is 32.8 Å². The second-order valence-corrected chi connectivity index (χ2v) is 6.58. The Bertz CT molecular complexity index is 556. The Labute approximate surface area is 143 Å². The average Bonchev–Trinajstić information content (AvgIpc) is 3.11. The molecule has 1 aromatic rings. The molecule has 3 rings (SSSR count). The number of rotatable bonds is 6. The normalized spacial score (nSPS) is 26.2. The highest BCUT2D eigenvalue weighted by atomic mass is 16.5. The molecule has 6 heteroatoms. The molecule has 0 radical (unpaired) electrons. The van der Waals surface area contributed by atoms with E-state index in [0.717, 1.165) is 37.6 Å². The van der Waals surface area contributed by atoms with Gasteiger partial charge in [-0.15, -0.1) is 0 Å². The zero-order chi connectivity index (χ0) is 17.1. The molecule has 0 aromatic heterocycles. The lowest BCUT2D eigenvalue weighted by Crippen LogP contribution is -2.28. The van der Waals surface area contributed by atoms with Gasteiger partial charge in [-0.05, 0) is 24.1 Å². The van der Waals surface area contributed by atoms with E-state index in [9.17, 15) is 4.79 Å². The predicted octanol–water partition coefficient (Wildman–Crippen LogP) is 1.43. The van der Waals surface area contributed by atoms with E-state index < -0.39 is 0 Å². The summed E-state index contributed by atoms with van der Waals surface area (Å²) in [7, 11) is 5.00. The summed E-state index contributed by atoms with van der Waals surface area (Å²) in [6, 6.07) is 5.98. The van der Waals surface area contributed by atoms with Gasteiger partial charge in [0.25, 0.3) is 0 Å². The van der Waals surface area contributed by atoms with Crippen LogP contribution in [0.5, 0.6) is 11.5 Å². The van der Waals surface area contributed by atoms with Crippen molar-refractivity contribution in [1.82, 2.24) is 10.2 Å². The smallest absolute Gasteiger partial charge is 0.222 e. The van der Waals surface area contributed by atoms with Gasteiger partial charge in [-0.3, -0.25) is 9.69 Å². The highest BCUT2D eigenvalue weighted by Crippen LogP contribution is 2.35. The van der Waals surface area contributed by atoms with Crippen LogP contribution in [0.1, 0.15) is 18.4 Å². The van der Waals surface area contributed by atoms with Crippen molar-refractivity contribution in [2.45, 2.75) is 31.6 Å². The molecule has 1 N–H and O–H groups in total. The second-order valence-electron chi connectivity index (χ2n) is 6.58. The first-order valence-corrected chi connectivity index (χ1v) is 8.41. The van der Waals surface area contributed by atoms with E-state index in [1.807, 2.05) is 18.2 Å². The molecule has 3 atom stereocenters. The van der Waals surface area contributed by atoms with E-state index in [2.05, 4.69) is 10.2 Å². The number of likely N-dealkylation sites (tertiary alicyclic amines) is 1. The number of carbonyl (C=O) groups is 1. The summed E-state index contributed by atoms with van der Waals surface area (Å²) in [6.45, 7) is 2.77. The number of benzene rings is 1. The maximum absolute atomic E-state index is 11.5. The van der Waals surface area contributed by atoms with Crippen molar-refractivity contribution in [2.75, 3.05) is 34.4 Å². The lowest BCUT2D eigenvalue weighted by atomic mass is 10.0. The van der Waals surface area contributed by atoms with Crippen molar-refractivity contribution < 1.29 is 19.0 Å². The number of fused-ring (bicyclic) bond motifs is 1. The van der Waals surface area contributed by atoms with Crippen molar-refractivity contribution in [3.8, 4) is 11.5 Å². The van der Waals surface area contributed by atoms with E-state index >= 15 is 0 Å². The first-order valence-electron chi connectivity index (χ1n) is 8.41. The van der Waals surface area contributed by atoms with Crippen LogP contribution >= 0.6 is 0 Å². The molecule has 1 aromatic carbocycles. The summed E-state index contributed by atoms with van der Waals surface area (Å²) in [5.41, 5.74) is 1.17. The fourth-order valence-corrected chi connectivity index (χ4v) is 3.73. The Morgan fingerprint density at radius 1 is 1.25 bits per heavy atom. The molecule has 0 bridgehead atoms. The summed E-state index contributed by atoms with van der Waals surface area (Å²) in [5.74, 6) is 2.20. The fraction of sp³-hybridized carbons (Fsp3) is 0.611. The highest BCUT2D eigenvalue weighted by Gasteiger charge is 2.42. The zero-order valence-electron chi connectivity index (χ0n) is 14.6. The average molecular weight is 334 g/mol. The molecule has 24 heavy (non-hydrogen) atoms. The van der Waals surface area contributed by atoms with Gasteiger partial charge in [-0.25, -0.2) is 0 Å². The van der Waals surface area contributed by atoms with Crippen LogP contribution in [-0.4, -0.2) is 57.4 Å². The number of ether oxygens (including phenoxy) is 3. The Morgan fingerprint density at radius 3 is 2.54 bits per heavy atom. The zero-order valence-corrected chi connectivity index (χ0v) is 14.6. The molecule has 2 aliphatic rings. The van der Waals surface area contributed by atoms with Crippen LogP contribution in [0.15, 0.2) is 18.2 Å². The lowest BCUT2D eigenvalue weighted by molar-refractivity contribution is -0.123.